The fraction of sp³-hybridized carbons (Fsp3) is 0.818. The van der Waals surface area contributed by atoms with Gasteiger partial charge in [0.1, 0.15) is 0 Å². The van der Waals surface area contributed by atoms with Crippen molar-refractivity contribution in [3.05, 3.63) is 0 Å². The Morgan fingerprint density at radius 1 is 0.459 bits per heavy atom. The number of carbonyl (C=O) groups is 2. The molecule has 0 saturated heterocycles. The van der Waals surface area contributed by atoms with Crippen LogP contribution in [0.5, 0.6) is 0 Å². The van der Waals surface area contributed by atoms with Crippen LogP contribution in [-0.4, -0.2) is 66.4 Å². The molecule has 0 rings (SSSR count). The topological polar surface area (TPSA) is 71.1 Å². The lowest BCUT2D eigenvalue weighted by Gasteiger charge is -2.39. The molecule has 0 fully saturated rings. The molecule has 220 valence electrons. The van der Waals surface area contributed by atoms with Crippen LogP contribution < -0.4 is 0 Å². The molecular weight excluding hydrogens is 608 g/mol. The average molecular weight is 608 g/mol. The van der Waals surface area contributed by atoms with E-state index in [1.807, 2.05) is 0 Å². The van der Waals surface area contributed by atoms with Gasteiger partial charge in [-0.1, -0.05) is 0 Å². The average Bonchev–Trinajstić information content (AvgIpc) is 2.62. The summed E-state index contributed by atoms with van der Waals surface area (Å²) in [6, 6.07) is -4.82. The van der Waals surface area contributed by atoms with E-state index in [4.69, 9.17) is 0 Å². The molecular formula is C11F20O6. The molecule has 0 saturated carbocycles. The predicted octanol–water partition coefficient (Wildman–Crippen LogP) is 5.42. The van der Waals surface area contributed by atoms with Crippen LogP contribution >= 0.6 is 0 Å². The maximum absolute atomic E-state index is 13.9. The third kappa shape index (κ3) is 6.04. The second-order valence-corrected chi connectivity index (χ2v) is 5.77. The normalized spacial score (nSPS) is 19.5. The first kappa shape index (κ1) is 34.6. The summed E-state index contributed by atoms with van der Waals surface area (Å²) in [4.78, 5) is 21.7. The highest BCUT2D eigenvalue weighted by atomic mass is 19.4. The van der Waals surface area contributed by atoms with E-state index in [1.165, 1.54) is 19.2 Å². The van der Waals surface area contributed by atoms with Gasteiger partial charge in [0.05, 0.1) is 0 Å². The summed E-state index contributed by atoms with van der Waals surface area (Å²) >= 11 is 0. The monoisotopic (exact) mass is 608 g/mol. The maximum Gasteiger partial charge on any atom is 0.460 e. The first-order valence-corrected chi connectivity index (χ1v) is 7.33. The van der Waals surface area contributed by atoms with E-state index in [0.717, 1.165) is 0 Å². The smallest absolute Gasteiger partial charge is 0.260 e. The molecule has 0 aliphatic rings. The Bertz CT molecular complexity index is 862. The van der Waals surface area contributed by atoms with Gasteiger partial charge in [-0.3, -0.25) is 19.0 Å². The molecule has 3 unspecified atom stereocenters. The van der Waals surface area contributed by atoms with Crippen LogP contribution in [0.4, 0.5) is 87.9 Å². The summed E-state index contributed by atoms with van der Waals surface area (Å²) < 4.78 is 261. The second-order valence-electron chi connectivity index (χ2n) is 5.77. The Morgan fingerprint density at radius 2 is 0.784 bits per heavy atom. The number of carbonyl (C=O) groups excluding carboxylic acids is 2. The van der Waals surface area contributed by atoms with Crippen molar-refractivity contribution < 1.29 is 117 Å². The summed E-state index contributed by atoms with van der Waals surface area (Å²) in [5.41, 5.74) is 0. The van der Waals surface area contributed by atoms with Crippen molar-refractivity contribution in [2.24, 2.45) is 0 Å². The van der Waals surface area contributed by atoms with E-state index < -0.39 is 66.4 Å². The molecule has 0 aliphatic heterocycles. The molecule has 0 aromatic heterocycles. The van der Waals surface area contributed by atoms with E-state index in [0.29, 0.717) is 0 Å². The molecule has 6 nitrogen and oxygen atoms in total. The molecule has 0 spiro atoms. The van der Waals surface area contributed by atoms with Gasteiger partial charge >= 0.3 is 66.4 Å². The van der Waals surface area contributed by atoms with Gasteiger partial charge in [-0.05, 0) is 0 Å². The van der Waals surface area contributed by atoms with Gasteiger partial charge in [0.15, 0.2) is 0 Å². The van der Waals surface area contributed by atoms with Crippen molar-refractivity contribution in [2.45, 2.75) is 54.4 Å². The Kier molecular flexibility index (Phi) is 8.82. The minimum Gasteiger partial charge on any atom is -0.260 e. The Hall–Kier alpha value is -2.38. The van der Waals surface area contributed by atoms with Crippen LogP contribution in [0, 0.1) is 0 Å². The van der Waals surface area contributed by atoms with Crippen LogP contribution in [0.15, 0.2) is 0 Å². The van der Waals surface area contributed by atoms with Crippen LogP contribution in [-0.2, 0) is 28.7 Å². The van der Waals surface area contributed by atoms with E-state index in [1.54, 1.807) is 0 Å². The zero-order chi connectivity index (χ0) is 30.5. The molecule has 0 radical (unpaired) electrons. The van der Waals surface area contributed by atoms with Crippen molar-refractivity contribution in [3.63, 3.8) is 0 Å². The fourth-order valence-corrected chi connectivity index (χ4v) is 1.47. The minimum absolute atomic E-state index is 1.21. The number of halogens is 20. The van der Waals surface area contributed by atoms with Crippen LogP contribution in [0.2, 0.25) is 0 Å². The quantitative estimate of drug-likeness (QED) is 0.244. The standard InChI is InChI=1S/C11F20O6/c12-1(32)3(13,6(16,17)18)35-10(27,28)11(29,30)37-5(15,8(22,23)24)9(25,26)36-4(14,2(33)34-31)7(19,20)21. The molecule has 0 aromatic rings. The molecule has 0 amide bonds. The number of hydrogen-bond donors (Lipinski definition) is 0. The second kappa shape index (κ2) is 9.42. The Labute approximate surface area is 184 Å². The third-order valence-corrected chi connectivity index (χ3v) is 3.20. The third-order valence-electron chi connectivity index (χ3n) is 3.20. The van der Waals surface area contributed by atoms with Gasteiger partial charge in [0, 0.05) is 4.53 Å². The summed E-state index contributed by atoms with van der Waals surface area (Å²) in [7, 11) is 0. The molecule has 0 N–H and O–H groups in total. The first-order chi connectivity index (χ1) is 15.8. The zero-order valence-corrected chi connectivity index (χ0v) is 15.5. The summed E-state index contributed by atoms with van der Waals surface area (Å²) in [6.07, 6.45) is -47.5. The number of rotatable bonds is 10. The number of alkyl halides is 18. The highest BCUT2D eigenvalue weighted by Gasteiger charge is 2.84. The molecule has 37 heavy (non-hydrogen) atoms. The lowest BCUT2D eigenvalue weighted by Crippen LogP contribution is -2.68. The van der Waals surface area contributed by atoms with Crippen molar-refractivity contribution >= 4 is 12.0 Å². The lowest BCUT2D eigenvalue weighted by atomic mass is 10.2. The maximum atomic E-state index is 13.9. The molecule has 0 aromatic carbocycles. The summed E-state index contributed by atoms with van der Waals surface area (Å²) in [5, 5.41) is 0. The van der Waals surface area contributed by atoms with Crippen molar-refractivity contribution in [1.82, 2.24) is 0 Å². The highest BCUT2D eigenvalue weighted by molar-refractivity contribution is 5.78. The highest BCUT2D eigenvalue weighted by Crippen LogP contribution is 2.55. The first-order valence-electron chi connectivity index (χ1n) is 7.33. The summed E-state index contributed by atoms with van der Waals surface area (Å²) in [6.45, 7) is 0. The van der Waals surface area contributed by atoms with E-state index in [2.05, 4.69) is 0 Å². The summed E-state index contributed by atoms with van der Waals surface area (Å²) in [5.74, 6) is -27.4. The largest absolute Gasteiger partial charge is 0.460 e. The van der Waals surface area contributed by atoms with Crippen molar-refractivity contribution in [1.29, 1.82) is 0 Å². The lowest BCUT2D eigenvalue weighted by molar-refractivity contribution is -0.562. The van der Waals surface area contributed by atoms with Gasteiger partial charge < -0.3 is 0 Å². The molecule has 3 atom stereocenters. The van der Waals surface area contributed by atoms with Crippen molar-refractivity contribution in [3.8, 4) is 0 Å². The molecule has 0 bridgehead atoms. The van der Waals surface area contributed by atoms with Crippen LogP contribution in [0.25, 0.3) is 0 Å². The molecule has 0 aliphatic carbocycles. The van der Waals surface area contributed by atoms with Gasteiger partial charge in [-0.15, -0.1) is 0 Å². The number of ether oxygens (including phenoxy) is 3. The number of hydrogen-bond acceptors (Lipinski definition) is 6. The van der Waals surface area contributed by atoms with Gasteiger partial charge in [0.25, 0.3) is 0 Å². The van der Waals surface area contributed by atoms with Crippen LogP contribution in [0.3, 0.4) is 0 Å². The Balaban J connectivity index is 6.84. The van der Waals surface area contributed by atoms with Gasteiger partial charge in [0.2, 0.25) is 0 Å². The fourth-order valence-electron chi connectivity index (χ4n) is 1.47. The minimum atomic E-state index is -8.34. The SMILES string of the molecule is O=C(F)C(F)(OC(F)(F)C(F)(F)OC(F)(C(F)(F)F)C(F)(F)OC(F)(C(=O)OF)C(F)(F)F)C(F)(F)F. The molecule has 0 heterocycles. The van der Waals surface area contributed by atoms with Gasteiger partial charge in [-0.2, -0.15) is 83.4 Å². The van der Waals surface area contributed by atoms with E-state index in [-0.39, 0.29) is 0 Å². The van der Waals surface area contributed by atoms with E-state index in [9.17, 15) is 97.5 Å². The van der Waals surface area contributed by atoms with Crippen LogP contribution in [0.1, 0.15) is 0 Å². The molecule has 26 heteroatoms. The van der Waals surface area contributed by atoms with Crippen molar-refractivity contribution in [2.75, 3.05) is 0 Å². The van der Waals surface area contributed by atoms with E-state index >= 15 is 0 Å². The van der Waals surface area contributed by atoms with Gasteiger partial charge in [-0.25, -0.2) is 9.74 Å². The zero-order valence-electron chi connectivity index (χ0n) is 15.5. The Morgan fingerprint density at radius 3 is 1.05 bits per heavy atom. The predicted molar refractivity (Wildman–Crippen MR) is 61.1 cm³/mol.